The average Bonchev–Trinajstić information content (AvgIpc) is 2.38. The lowest BCUT2D eigenvalue weighted by atomic mass is 10.1. The van der Waals surface area contributed by atoms with E-state index in [1.807, 2.05) is 0 Å². The van der Waals surface area contributed by atoms with Crippen molar-refractivity contribution in [2.45, 2.75) is 0 Å². The fourth-order valence-corrected chi connectivity index (χ4v) is 1.77. The van der Waals surface area contributed by atoms with Crippen LogP contribution in [0.25, 0.3) is 0 Å². The standard InChI is InChI=1S/C11H12N2O5/c14-10-6-8(5-9(7-10)13(16)17)11(15)12-1-3-18-4-2-12/h5-7,14H,1-4H2. The highest BCUT2D eigenvalue weighted by molar-refractivity contribution is 5.95. The van der Waals surface area contributed by atoms with Gasteiger partial charge in [-0.25, -0.2) is 0 Å². The van der Waals surface area contributed by atoms with Crippen LogP contribution in [0.2, 0.25) is 0 Å². The highest BCUT2D eigenvalue weighted by Crippen LogP contribution is 2.22. The van der Waals surface area contributed by atoms with E-state index in [1.165, 1.54) is 6.07 Å². The van der Waals surface area contributed by atoms with Gasteiger partial charge in [-0.15, -0.1) is 0 Å². The highest BCUT2D eigenvalue weighted by atomic mass is 16.6. The van der Waals surface area contributed by atoms with E-state index in [0.717, 1.165) is 12.1 Å². The summed E-state index contributed by atoms with van der Waals surface area (Å²) in [5.74, 6) is -0.627. The van der Waals surface area contributed by atoms with Gasteiger partial charge in [0, 0.05) is 19.2 Å². The average molecular weight is 252 g/mol. The molecule has 7 heteroatoms. The van der Waals surface area contributed by atoms with Crippen LogP contribution in [0.15, 0.2) is 18.2 Å². The molecule has 1 aliphatic rings. The van der Waals surface area contributed by atoms with Crippen LogP contribution in [-0.2, 0) is 4.74 Å². The topological polar surface area (TPSA) is 92.9 Å². The van der Waals surface area contributed by atoms with Crippen molar-refractivity contribution in [2.75, 3.05) is 26.3 Å². The smallest absolute Gasteiger partial charge is 0.273 e. The molecule has 96 valence electrons. The lowest BCUT2D eigenvalue weighted by molar-refractivity contribution is -0.385. The minimum absolute atomic E-state index is 0.114. The zero-order chi connectivity index (χ0) is 13.1. The second kappa shape index (κ2) is 5.01. The summed E-state index contributed by atoms with van der Waals surface area (Å²) in [6.45, 7) is 1.80. The van der Waals surface area contributed by atoms with Crippen molar-refractivity contribution in [1.82, 2.24) is 4.90 Å². The maximum atomic E-state index is 12.1. The van der Waals surface area contributed by atoms with Gasteiger partial charge in [0.05, 0.1) is 29.8 Å². The van der Waals surface area contributed by atoms with E-state index in [0.29, 0.717) is 26.3 Å². The van der Waals surface area contributed by atoms with Crippen LogP contribution in [0.3, 0.4) is 0 Å². The van der Waals surface area contributed by atoms with Crippen molar-refractivity contribution in [1.29, 1.82) is 0 Å². The van der Waals surface area contributed by atoms with Gasteiger partial charge in [-0.3, -0.25) is 14.9 Å². The first-order valence-corrected chi connectivity index (χ1v) is 5.43. The number of nitrogens with zero attached hydrogens (tertiary/aromatic N) is 2. The summed E-state index contributed by atoms with van der Waals surface area (Å²) >= 11 is 0. The fraction of sp³-hybridized carbons (Fsp3) is 0.364. The molecule has 0 spiro atoms. The van der Waals surface area contributed by atoms with Crippen molar-refractivity contribution in [2.24, 2.45) is 0 Å². The van der Waals surface area contributed by atoms with Crippen LogP contribution in [0.1, 0.15) is 10.4 Å². The summed E-state index contributed by atoms with van der Waals surface area (Å²) in [4.78, 5) is 23.6. The van der Waals surface area contributed by atoms with E-state index in [1.54, 1.807) is 4.90 Å². The van der Waals surface area contributed by atoms with Gasteiger partial charge in [-0.2, -0.15) is 0 Å². The molecular formula is C11H12N2O5. The van der Waals surface area contributed by atoms with Gasteiger partial charge in [0.1, 0.15) is 5.75 Å². The van der Waals surface area contributed by atoms with Crippen molar-refractivity contribution in [3.63, 3.8) is 0 Å². The molecule has 1 aromatic rings. The summed E-state index contributed by atoms with van der Waals surface area (Å²) in [6.07, 6.45) is 0. The minimum atomic E-state index is -0.643. The predicted molar refractivity (Wildman–Crippen MR) is 61.5 cm³/mol. The van der Waals surface area contributed by atoms with E-state index in [2.05, 4.69) is 0 Å². The first-order chi connectivity index (χ1) is 8.58. The van der Waals surface area contributed by atoms with E-state index in [4.69, 9.17) is 4.74 Å². The Morgan fingerprint density at radius 2 is 2.00 bits per heavy atom. The van der Waals surface area contributed by atoms with Gasteiger partial charge in [0.25, 0.3) is 11.6 Å². The van der Waals surface area contributed by atoms with Gasteiger partial charge >= 0.3 is 0 Å². The monoisotopic (exact) mass is 252 g/mol. The van der Waals surface area contributed by atoms with E-state index in [9.17, 15) is 20.0 Å². The number of benzene rings is 1. The van der Waals surface area contributed by atoms with Gasteiger partial charge in [-0.05, 0) is 6.07 Å². The maximum Gasteiger partial charge on any atom is 0.273 e. The number of rotatable bonds is 2. The third-order valence-electron chi connectivity index (χ3n) is 2.66. The van der Waals surface area contributed by atoms with Gasteiger partial charge < -0.3 is 14.7 Å². The molecule has 1 saturated heterocycles. The quantitative estimate of drug-likeness (QED) is 0.620. The Kier molecular flexibility index (Phi) is 3.42. The molecule has 0 saturated carbocycles. The number of hydrogen-bond acceptors (Lipinski definition) is 5. The Balaban J connectivity index is 2.26. The fourth-order valence-electron chi connectivity index (χ4n) is 1.77. The van der Waals surface area contributed by atoms with Crippen LogP contribution < -0.4 is 0 Å². The van der Waals surface area contributed by atoms with Crippen molar-refractivity contribution >= 4 is 11.6 Å². The maximum absolute atomic E-state index is 12.1. The van der Waals surface area contributed by atoms with E-state index in [-0.39, 0.29) is 22.9 Å². The number of non-ortho nitro benzene ring substituents is 1. The predicted octanol–water partition coefficient (Wildman–Crippen LogP) is 0.773. The molecule has 1 heterocycles. The molecule has 1 fully saturated rings. The lowest BCUT2D eigenvalue weighted by Gasteiger charge is -2.26. The molecule has 2 rings (SSSR count). The molecule has 0 aliphatic carbocycles. The minimum Gasteiger partial charge on any atom is -0.508 e. The zero-order valence-corrected chi connectivity index (χ0v) is 9.54. The Morgan fingerprint density at radius 1 is 1.33 bits per heavy atom. The Bertz CT molecular complexity index is 482. The number of nitro groups is 1. The Labute approximate surface area is 103 Å². The number of nitro benzene ring substituents is 1. The van der Waals surface area contributed by atoms with Crippen LogP contribution in [0.5, 0.6) is 5.75 Å². The molecule has 1 amide bonds. The van der Waals surface area contributed by atoms with E-state index >= 15 is 0 Å². The molecular weight excluding hydrogens is 240 g/mol. The third kappa shape index (κ3) is 2.57. The molecule has 1 aliphatic heterocycles. The zero-order valence-electron chi connectivity index (χ0n) is 9.54. The number of phenols is 1. The molecule has 0 bridgehead atoms. The van der Waals surface area contributed by atoms with Crippen LogP contribution in [0.4, 0.5) is 5.69 Å². The lowest BCUT2D eigenvalue weighted by Crippen LogP contribution is -2.40. The molecule has 1 aromatic carbocycles. The highest BCUT2D eigenvalue weighted by Gasteiger charge is 2.21. The number of aromatic hydroxyl groups is 1. The molecule has 0 aromatic heterocycles. The summed E-state index contributed by atoms with van der Waals surface area (Å²) in [6, 6.07) is 3.40. The normalized spacial score (nSPS) is 15.4. The second-order valence-electron chi connectivity index (χ2n) is 3.90. The van der Waals surface area contributed by atoms with Gasteiger partial charge in [-0.1, -0.05) is 0 Å². The largest absolute Gasteiger partial charge is 0.508 e. The van der Waals surface area contributed by atoms with Gasteiger partial charge in [0.15, 0.2) is 0 Å². The first-order valence-electron chi connectivity index (χ1n) is 5.43. The van der Waals surface area contributed by atoms with Gasteiger partial charge in [0.2, 0.25) is 0 Å². The Hall–Kier alpha value is -2.15. The summed E-state index contributed by atoms with van der Waals surface area (Å²) in [5.41, 5.74) is -0.185. The van der Waals surface area contributed by atoms with Crippen LogP contribution in [-0.4, -0.2) is 47.1 Å². The molecule has 1 N–H and O–H groups in total. The number of carbonyl (C=O) groups is 1. The van der Waals surface area contributed by atoms with Crippen molar-refractivity contribution < 1.29 is 19.6 Å². The molecule has 0 radical (unpaired) electrons. The van der Waals surface area contributed by atoms with Crippen LogP contribution >= 0.6 is 0 Å². The molecule has 7 nitrogen and oxygen atoms in total. The molecule has 18 heavy (non-hydrogen) atoms. The number of morpholine rings is 1. The second-order valence-corrected chi connectivity index (χ2v) is 3.90. The van der Waals surface area contributed by atoms with Crippen molar-refractivity contribution in [3.05, 3.63) is 33.9 Å². The summed E-state index contributed by atoms with van der Waals surface area (Å²) in [5, 5.41) is 20.0. The number of carbonyl (C=O) groups excluding carboxylic acids is 1. The van der Waals surface area contributed by atoms with Crippen molar-refractivity contribution in [3.8, 4) is 5.75 Å². The van der Waals surface area contributed by atoms with E-state index < -0.39 is 4.92 Å². The van der Waals surface area contributed by atoms with Crippen LogP contribution in [0, 0.1) is 10.1 Å². The molecule has 0 unspecified atom stereocenters. The number of amides is 1. The third-order valence-corrected chi connectivity index (χ3v) is 2.66. The SMILES string of the molecule is O=C(c1cc(O)cc([N+](=O)[O-])c1)N1CCOCC1. The Morgan fingerprint density at radius 3 is 2.61 bits per heavy atom. The summed E-state index contributed by atoms with van der Waals surface area (Å²) in [7, 11) is 0. The number of phenolic OH excluding ortho intramolecular Hbond substituents is 1. The number of hydrogen-bond donors (Lipinski definition) is 1. The number of ether oxygens (including phenoxy) is 1. The summed E-state index contributed by atoms with van der Waals surface area (Å²) < 4.78 is 5.12. The first kappa shape index (κ1) is 12.3. The molecule has 0 atom stereocenters.